The number of hydrogen-bond donors (Lipinski definition) is 0. The topological polar surface area (TPSA) is 19.4 Å². The van der Waals surface area contributed by atoms with Crippen molar-refractivity contribution in [2.24, 2.45) is 0 Å². The summed E-state index contributed by atoms with van der Waals surface area (Å²) in [6.07, 6.45) is 1.90. The molecule has 3 aromatic carbocycles. The van der Waals surface area contributed by atoms with Crippen LogP contribution in [0.5, 0.6) is 0 Å². The molecule has 0 spiro atoms. The maximum Gasteiger partial charge on any atom is 0.423 e. The average molecular weight is 359 g/mol. The summed E-state index contributed by atoms with van der Waals surface area (Å²) in [5, 5.41) is 0. The second-order valence-corrected chi connectivity index (χ2v) is 7.40. The Bertz CT molecular complexity index is 1210. The third kappa shape index (κ3) is 2.03. The molecule has 4 aromatic rings. The summed E-state index contributed by atoms with van der Waals surface area (Å²) in [4.78, 5) is 9.69. The van der Waals surface area contributed by atoms with Gasteiger partial charge in [0.1, 0.15) is 0 Å². The molecule has 0 unspecified atom stereocenters. The Hall–Kier alpha value is -3.53. The predicted molar refractivity (Wildman–Crippen MR) is 117 cm³/mol. The number of anilines is 4. The van der Waals surface area contributed by atoms with E-state index in [1.165, 1.54) is 39.3 Å². The maximum absolute atomic E-state index is 4.79. The van der Waals surface area contributed by atoms with E-state index in [9.17, 15) is 0 Å². The van der Waals surface area contributed by atoms with Gasteiger partial charge < -0.3 is 9.62 Å². The molecule has 2 aliphatic rings. The van der Waals surface area contributed by atoms with Gasteiger partial charge in [-0.3, -0.25) is 4.98 Å². The fraction of sp³-hybridized carbons (Fsp3) is 0.0417. The lowest BCUT2D eigenvalue weighted by atomic mass is 9.60. The Labute approximate surface area is 165 Å². The lowest BCUT2D eigenvalue weighted by molar-refractivity contribution is 1.28. The number of aromatic nitrogens is 1. The molecule has 0 bridgehead atoms. The zero-order valence-corrected chi connectivity index (χ0v) is 15.6. The lowest BCUT2D eigenvalue weighted by Crippen LogP contribution is -2.55. The van der Waals surface area contributed by atoms with Gasteiger partial charge in [0.25, 0.3) is 0 Å². The van der Waals surface area contributed by atoms with E-state index in [0.717, 1.165) is 5.69 Å². The molecule has 3 heterocycles. The van der Waals surface area contributed by atoms with Crippen LogP contribution in [0, 0.1) is 6.92 Å². The molecule has 0 fully saturated rings. The first-order valence-corrected chi connectivity index (χ1v) is 9.61. The highest BCUT2D eigenvalue weighted by molar-refractivity contribution is 6.86. The van der Waals surface area contributed by atoms with Crippen molar-refractivity contribution in [1.82, 2.24) is 4.98 Å². The van der Waals surface area contributed by atoms with Crippen LogP contribution in [0.4, 0.5) is 22.7 Å². The van der Waals surface area contributed by atoms with E-state index in [-0.39, 0.29) is 6.98 Å². The van der Waals surface area contributed by atoms with Crippen molar-refractivity contribution in [3.05, 3.63) is 96.7 Å². The highest BCUT2D eigenvalue weighted by Gasteiger charge is 2.48. The van der Waals surface area contributed by atoms with Crippen molar-refractivity contribution in [3.63, 3.8) is 0 Å². The van der Waals surface area contributed by atoms with Crippen molar-refractivity contribution >= 4 is 35.2 Å². The molecule has 3 nitrogen and oxygen atoms in total. The minimum atomic E-state index is 0.0535. The zero-order chi connectivity index (χ0) is 18.7. The molecule has 0 amide bonds. The first-order valence-electron chi connectivity index (χ1n) is 9.61. The van der Waals surface area contributed by atoms with Crippen molar-refractivity contribution in [3.8, 4) is 11.3 Å². The van der Waals surface area contributed by atoms with Crippen LogP contribution in [0.1, 0.15) is 5.56 Å². The van der Waals surface area contributed by atoms with Gasteiger partial charge in [-0.1, -0.05) is 48.5 Å². The summed E-state index contributed by atoms with van der Waals surface area (Å²) >= 11 is 0. The molecule has 1 aromatic heterocycles. The summed E-state index contributed by atoms with van der Waals surface area (Å²) in [6.45, 7) is 2.21. The summed E-state index contributed by atoms with van der Waals surface area (Å²) in [7, 11) is 0. The SMILES string of the molecule is Cc1ccc2c(c1)N1B(c3cccnc3-2)N(c2ccccc2)c2ccccc21. The molecular formula is C24H18BN3. The van der Waals surface area contributed by atoms with Crippen LogP contribution in [0.15, 0.2) is 91.1 Å². The Morgan fingerprint density at radius 2 is 1.46 bits per heavy atom. The molecule has 0 saturated heterocycles. The van der Waals surface area contributed by atoms with Crippen LogP contribution in [-0.4, -0.2) is 12.0 Å². The lowest BCUT2D eigenvalue weighted by Gasteiger charge is -2.36. The van der Waals surface area contributed by atoms with Crippen LogP contribution in [0.2, 0.25) is 0 Å². The van der Waals surface area contributed by atoms with Gasteiger partial charge in [0.15, 0.2) is 0 Å². The van der Waals surface area contributed by atoms with E-state index in [4.69, 9.17) is 4.98 Å². The minimum absolute atomic E-state index is 0.0535. The van der Waals surface area contributed by atoms with E-state index in [2.05, 4.69) is 95.4 Å². The van der Waals surface area contributed by atoms with Gasteiger partial charge in [-0.05, 0) is 54.3 Å². The Balaban J connectivity index is 1.70. The van der Waals surface area contributed by atoms with Crippen LogP contribution in [0.25, 0.3) is 11.3 Å². The van der Waals surface area contributed by atoms with Gasteiger partial charge in [0.2, 0.25) is 0 Å². The van der Waals surface area contributed by atoms with E-state index in [1.54, 1.807) is 0 Å². The van der Waals surface area contributed by atoms with Gasteiger partial charge in [0, 0.05) is 23.1 Å². The van der Waals surface area contributed by atoms with E-state index < -0.39 is 0 Å². The maximum atomic E-state index is 4.79. The fourth-order valence-corrected chi connectivity index (χ4v) is 4.55. The molecule has 4 heteroatoms. The molecular weight excluding hydrogens is 341 g/mol. The zero-order valence-electron chi connectivity index (χ0n) is 15.6. The minimum Gasteiger partial charge on any atom is -0.360 e. The number of para-hydroxylation sites is 3. The van der Waals surface area contributed by atoms with Crippen LogP contribution in [0.3, 0.4) is 0 Å². The van der Waals surface area contributed by atoms with Gasteiger partial charge in [-0.15, -0.1) is 0 Å². The van der Waals surface area contributed by atoms with Gasteiger partial charge in [-0.2, -0.15) is 0 Å². The van der Waals surface area contributed by atoms with E-state index in [1.807, 2.05) is 12.3 Å². The van der Waals surface area contributed by atoms with Crippen molar-refractivity contribution < 1.29 is 0 Å². The van der Waals surface area contributed by atoms with Crippen molar-refractivity contribution in [1.29, 1.82) is 0 Å². The van der Waals surface area contributed by atoms with Crippen molar-refractivity contribution in [2.75, 3.05) is 9.62 Å². The number of hydrogen-bond acceptors (Lipinski definition) is 3. The molecule has 28 heavy (non-hydrogen) atoms. The summed E-state index contributed by atoms with van der Waals surface area (Å²) in [5.41, 5.74) is 9.64. The number of rotatable bonds is 1. The van der Waals surface area contributed by atoms with Gasteiger partial charge in [0.05, 0.1) is 17.1 Å². The summed E-state index contributed by atoms with van der Waals surface area (Å²) in [5.74, 6) is 0. The molecule has 0 N–H and O–H groups in total. The average Bonchev–Trinajstić information content (AvgIpc) is 3.10. The Morgan fingerprint density at radius 3 is 2.29 bits per heavy atom. The summed E-state index contributed by atoms with van der Waals surface area (Å²) in [6, 6.07) is 30.2. The van der Waals surface area contributed by atoms with Gasteiger partial charge >= 0.3 is 6.98 Å². The number of pyridine rings is 1. The Morgan fingerprint density at radius 1 is 0.714 bits per heavy atom. The monoisotopic (exact) mass is 359 g/mol. The third-order valence-electron chi connectivity index (χ3n) is 5.71. The van der Waals surface area contributed by atoms with Crippen LogP contribution >= 0.6 is 0 Å². The first kappa shape index (κ1) is 15.5. The summed E-state index contributed by atoms with van der Waals surface area (Å²) < 4.78 is 0. The third-order valence-corrected chi connectivity index (χ3v) is 5.71. The predicted octanol–water partition coefficient (Wildman–Crippen LogP) is 5.06. The Kier molecular flexibility index (Phi) is 3.18. The smallest absolute Gasteiger partial charge is 0.360 e. The fourth-order valence-electron chi connectivity index (χ4n) is 4.55. The number of nitrogens with zero attached hydrogens (tertiary/aromatic N) is 3. The number of fused-ring (bicyclic) bond motifs is 8. The highest BCUT2D eigenvalue weighted by atomic mass is 15.3. The molecule has 0 atom stereocenters. The van der Waals surface area contributed by atoms with Gasteiger partial charge in [-0.25, -0.2) is 0 Å². The standard InChI is InChI=1S/C24H18BN3/c1-17-13-14-19-23(16-17)28-22-12-6-5-11-21(22)27(18-8-3-2-4-9-18)25(28)20-10-7-15-26-24(19)20/h2-16H,1H3. The van der Waals surface area contributed by atoms with Crippen molar-refractivity contribution in [2.45, 2.75) is 6.92 Å². The molecule has 2 aliphatic heterocycles. The molecule has 0 radical (unpaired) electrons. The van der Waals surface area contributed by atoms with E-state index >= 15 is 0 Å². The number of benzene rings is 3. The molecule has 132 valence electrons. The highest BCUT2D eigenvalue weighted by Crippen LogP contribution is 2.50. The molecule has 0 saturated carbocycles. The quantitative estimate of drug-likeness (QED) is 0.443. The van der Waals surface area contributed by atoms with E-state index in [0.29, 0.717) is 0 Å². The first-order chi connectivity index (χ1) is 13.8. The normalized spacial score (nSPS) is 13.7. The number of aryl methyl sites for hydroxylation is 1. The van der Waals surface area contributed by atoms with Crippen LogP contribution in [-0.2, 0) is 0 Å². The molecule has 0 aliphatic carbocycles. The van der Waals surface area contributed by atoms with Crippen LogP contribution < -0.4 is 15.1 Å². The molecule has 6 rings (SSSR count). The second-order valence-electron chi connectivity index (χ2n) is 7.40. The second kappa shape index (κ2) is 5.73. The largest absolute Gasteiger partial charge is 0.423 e.